The molecule has 0 aliphatic heterocycles. The third-order valence-electron chi connectivity index (χ3n) is 7.69. The molecule has 12 heteroatoms. The van der Waals surface area contributed by atoms with Gasteiger partial charge in [-0.3, -0.25) is 13.9 Å². The summed E-state index contributed by atoms with van der Waals surface area (Å²) in [4.78, 5) is 29.3. The molecule has 1 atom stereocenters. The molecule has 3 aromatic rings. The average Bonchev–Trinajstić information content (AvgIpc) is 3.54. The first kappa shape index (κ1) is 33.4. The number of nitrogens with zero attached hydrogens (tertiary/aromatic N) is 2. The van der Waals surface area contributed by atoms with Crippen molar-refractivity contribution in [1.29, 1.82) is 0 Å². The van der Waals surface area contributed by atoms with E-state index in [0.717, 1.165) is 30.0 Å². The Labute approximate surface area is 269 Å². The smallest absolute Gasteiger partial charge is 0.264 e. The van der Waals surface area contributed by atoms with Gasteiger partial charge in [0.1, 0.15) is 12.6 Å². The zero-order valence-electron chi connectivity index (χ0n) is 25.0. The second-order valence-electron chi connectivity index (χ2n) is 10.5. The third kappa shape index (κ3) is 7.78. The van der Waals surface area contributed by atoms with Gasteiger partial charge in [-0.25, -0.2) is 8.42 Å². The van der Waals surface area contributed by atoms with E-state index in [1.807, 2.05) is 6.92 Å². The van der Waals surface area contributed by atoms with Crippen LogP contribution in [-0.2, 0) is 26.2 Å². The van der Waals surface area contributed by atoms with Crippen molar-refractivity contribution in [1.82, 2.24) is 10.2 Å². The van der Waals surface area contributed by atoms with Gasteiger partial charge in [0.25, 0.3) is 10.0 Å². The van der Waals surface area contributed by atoms with E-state index >= 15 is 0 Å². The molecule has 1 saturated carbocycles. The summed E-state index contributed by atoms with van der Waals surface area (Å²) in [6.07, 6.45) is 4.14. The normalized spacial score (nSPS) is 14.1. The molecule has 4 rings (SSSR count). The van der Waals surface area contributed by atoms with Gasteiger partial charge in [0.05, 0.1) is 34.8 Å². The van der Waals surface area contributed by atoms with Crippen LogP contribution in [0.2, 0.25) is 10.0 Å². The number of rotatable bonds is 13. The van der Waals surface area contributed by atoms with E-state index in [1.165, 1.54) is 37.3 Å². The summed E-state index contributed by atoms with van der Waals surface area (Å²) >= 11 is 12.4. The number of carbonyl (C=O) groups excluding carboxylic acids is 2. The molecule has 0 bridgehead atoms. The molecule has 1 aliphatic carbocycles. The van der Waals surface area contributed by atoms with Crippen molar-refractivity contribution in [3.05, 3.63) is 82.3 Å². The Hall–Kier alpha value is -3.47. The van der Waals surface area contributed by atoms with Crippen LogP contribution in [0, 0.1) is 0 Å². The highest BCUT2D eigenvalue weighted by atomic mass is 35.5. The van der Waals surface area contributed by atoms with Crippen LogP contribution in [-0.4, -0.2) is 58.0 Å². The quantitative estimate of drug-likeness (QED) is 0.238. The van der Waals surface area contributed by atoms with Crippen molar-refractivity contribution in [2.45, 2.75) is 62.6 Å². The van der Waals surface area contributed by atoms with Crippen LogP contribution in [0.15, 0.2) is 71.6 Å². The SMILES string of the molecule is CC[C@H](C(=O)NC1CCCC1)N(Cc1ccc(Cl)c(Cl)c1)C(=O)CN(c1ccc(OC)c(OC)c1)S(=O)(=O)c1ccccc1. The molecule has 1 aliphatic rings. The Morgan fingerprint density at radius 3 is 2.23 bits per heavy atom. The van der Waals surface area contributed by atoms with Gasteiger partial charge in [0.15, 0.2) is 11.5 Å². The Bertz CT molecular complexity index is 1570. The molecular formula is C32H37Cl2N3O6S. The molecule has 1 fully saturated rings. The number of benzene rings is 3. The first-order chi connectivity index (χ1) is 21.1. The first-order valence-electron chi connectivity index (χ1n) is 14.4. The van der Waals surface area contributed by atoms with Crippen molar-refractivity contribution < 1.29 is 27.5 Å². The molecule has 0 heterocycles. The minimum Gasteiger partial charge on any atom is -0.493 e. The molecule has 0 saturated heterocycles. The van der Waals surface area contributed by atoms with Gasteiger partial charge in [-0.2, -0.15) is 0 Å². The van der Waals surface area contributed by atoms with Gasteiger partial charge >= 0.3 is 0 Å². The van der Waals surface area contributed by atoms with Crippen LogP contribution in [0.25, 0.3) is 0 Å². The number of nitrogens with one attached hydrogen (secondary N) is 1. The Balaban J connectivity index is 1.76. The van der Waals surface area contributed by atoms with E-state index in [1.54, 1.807) is 48.5 Å². The van der Waals surface area contributed by atoms with Crippen molar-refractivity contribution >= 4 is 50.7 Å². The van der Waals surface area contributed by atoms with Crippen molar-refractivity contribution in [3.8, 4) is 11.5 Å². The highest BCUT2D eigenvalue weighted by molar-refractivity contribution is 7.92. The van der Waals surface area contributed by atoms with Gasteiger partial charge in [-0.1, -0.05) is 67.2 Å². The summed E-state index contributed by atoms with van der Waals surface area (Å²) in [5, 5.41) is 3.76. The summed E-state index contributed by atoms with van der Waals surface area (Å²) in [5.74, 6) is -0.161. The zero-order valence-corrected chi connectivity index (χ0v) is 27.3. The minimum atomic E-state index is -4.23. The molecule has 44 heavy (non-hydrogen) atoms. The van der Waals surface area contributed by atoms with E-state index in [9.17, 15) is 18.0 Å². The molecule has 0 spiro atoms. The maximum atomic E-state index is 14.3. The second-order valence-corrected chi connectivity index (χ2v) is 13.2. The number of sulfonamides is 1. The lowest BCUT2D eigenvalue weighted by Crippen LogP contribution is -2.53. The number of anilines is 1. The third-order valence-corrected chi connectivity index (χ3v) is 10.2. The molecule has 1 N–H and O–H groups in total. The highest BCUT2D eigenvalue weighted by Gasteiger charge is 2.35. The first-order valence-corrected chi connectivity index (χ1v) is 16.6. The van der Waals surface area contributed by atoms with Gasteiger partial charge in [0, 0.05) is 18.7 Å². The molecule has 9 nitrogen and oxygen atoms in total. The number of hydrogen-bond acceptors (Lipinski definition) is 6. The molecule has 3 aromatic carbocycles. The molecule has 0 radical (unpaired) electrons. The fourth-order valence-corrected chi connectivity index (χ4v) is 7.10. The second kappa shape index (κ2) is 15.0. The maximum Gasteiger partial charge on any atom is 0.264 e. The zero-order chi connectivity index (χ0) is 31.9. The number of methoxy groups -OCH3 is 2. The summed E-state index contributed by atoms with van der Waals surface area (Å²) in [6.45, 7) is 1.25. The van der Waals surface area contributed by atoms with Gasteiger partial charge < -0.3 is 19.7 Å². The highest BCUT2D eigenvalue weighted by Crippen LogP contribution is 2.34. The molecule has 0 unspecified atom stereocenters. The van der Waals surface area contributed by atoms with Crippen molar-refractivity contribution in [3.63, 3.8) is 0 Å². The number of amides is 2. The standard InChI is InChI=1S/C32H37Cl2N3O6S/c1-4-28(32(39)35-23-10-8-9-11-23)36(20-22-14-16-26(33)27(34)18-22)31(38)21-37(44(40,41)25-12-6-5-7-13-25)24-15-17-29(42-2)30(19-24)43-3/h5-7,12-19,23,28H,4,8-11,20-21H2,1-3H3,(H,35,39)/t28-/m1/s1. The largest absolute Gasteiger partial charge is 0.493 e. The number of hydrogen-bond donors (Lipinski definition) is 1. The molecular weight excluding hydrogens is 625 g/mol. The topological polar surface area (TPSA) is 105 Å². The summed E-state index contributed by atoms with van der Waals surface area (Å²) < 4.78 is 39.9. The Morgan fingerprint density at radius 1 is 0.932 bits per heavy atom. The lowest BCUT2D eigenvalue weighted by Gasteiger charge is -2.34. The number of ether oxygens (including phenoxy) is 2. The van der Waals surface area contributed by atoms with Crippen LogP contribution in [0.3, 0.4) is 0 Å². The Morgan fingerprint density at radius 2 is 1.61 bits per heavy atom. The Kier molecular flexibility index (Phi) is 11.4. The van der Waals surface area contributed by atoms with E-state index < -0.39 is 28.5 Å². The van der Waals surface area contributed by atoms with Gasteiger partial charge in [-0.15, -0.1) is 0 Å². The fraction of sp³-hybridized carbons (Fsp3) is 0.375. The lowest BCUT2D eigenvalue weighted by atomic mass is 10.1. The van der Waals surface area contributed by atoms with Crippen molar-refractivity contribution in [2.75, 3.05) is 25.1 Å². The van der Waals surface area contributed by atoms with Gasteiger partial charge in [-0.05, 0) is 61.2 Å². The summed E-state index contributed by atoms with van der Waals surface area (Å²) in [7, 11) is -1.32. The van der Waals surface area contributed by atoms with Crippen molar-refractivity contribution in [2.24, 2.45) is 0 Å². The maximum absolute atomic E-state index is 14.3. The van der Waals surface area contributed by atoms with Crippen LogP contribution in [0.5, 0.6) is 11.5 Å². The van der Waals surface area contributed by atoms with E-state index in [-0.39, 0.29) is 29.1 Å². The molecule has 2 amide bonds. The summed E-state index contributed by atoms with van der Waals surface area (Å²) in [6, 6.07) is 16.6. The molecule has 0 aromatic heterocycles. The number of carbonyl (C=O) groups is 2. The molecule has 236 valence electrons. The van der Waals surface area contributed by atoms with Crippen LogP contribution < -0.4 is 19.1 Å². The van der Waals surface area contributed by atoms with E-state index in [0.29, 0.717) is 33.5 Å². The van der Waals surface area contributed by atoms with E-state index in [2.05, 4.69) is 5.32 Å². The van der Waals surface area contributed by atoms with Crippen LogP contribution >= 0.6 is 23.2 Å². The van der Waals surface area contributed by atoms with E-state index in [4.69, 9.17) is 32.7 Å². The van der Waals surface area contributed by atoms with Gasteiger partial charge in [0.2, 0.25) is 11.8 Å². The minimum absolute atomic E-state index is 0.00429. The predicted molar refractivity (Wildman–Crippen MR) is 172 cm³/mol. The number of halogens is 2. The van der Waals surface area contributed by atoms with Crippen LogP contribution in [0.1, 0.15) is 44.6 Å². The summed E-state index contributed by atoms with van der Waals surface area (Å²) in [5.41, 5.74) is 0.834. The fourth-order valence-electron chi connectivity index (χ4n) is 5.35. The lowest BCUT2D eigenvalue weighted by molar-refractivity contribution is -0.140. The monoisotopic (exact) mass is 661 g/mol. The van der Waals surface area contributed by atoms with Crippen LogP contribution in [0.4, 0.5) is 5.69 Å². The predicted octanol–water partition coefficient (Wildman–Crippen LogP) is 6.07. The average molecular weight is 663 g/mol.